The smallest absolute Gasteiger partial charge is 0.0789 e. The third kappa shape index (κ3) is 8.76. The van der Waals surface area contributed by atoms with E-state index in [-0.39, 0.29) is 0 Å². The Morgan fingerprint density at radius 1 is 0.341 bits per heavy atom. The molecule has 0 saturated heterocycles. The monoisotopic (exact) mass is 1150 g/mol. The zero-order valence-corrected chi connectivity index (χ0v) is 47.3. The van der Waals surface area contributed by atoms with Crippen LogP contribution in [0.15, 0.2) is 297 Å². The van der Waals surface area contributed by atoms with E-state index < -0.39 is 0 Å². The number of benzene rings is 10. The molecular formula is C76H49BrN8. The van der Waals surface area contributed by atoms with E-state index in [1.165, 1.54) is 87.0 Å². The minimum absolute atomic E-state index is 0.986. The van der Waals surface area contributed by atoms with Gasteiger partial charge in [-0.1, -0.05) is 170 Å². The number of halogens is 1. The first-order valence-corrected chi connectivity index (χ1v) is 29.1. The standard InChI is InChI=1S/C38H24N4.C29H19N3.C9H6BrN/c1-3-9-31-25(6-1)8-5-10-32(31)26-12-15-29(16-13-26)41-21-19-27-14-17-34-33-18-20-39-24-36(33)42(38(34)37(27)41)30-22-28-7-2-4-11-35(28)40-23-30;1-2-6-23-19(4-1)5-3-7-24(23)20-8-11-22(12-9-20)32-17-15-21-10-13-26-25-14-16-30-18-27(25)31-28(26)29(21)32;10-8-5-7-3-1-2-4-9(7)11-6-8/h1-24H;1-18,31H;1-6H. The van der Waals surface area contributed by atoms with Crippen LogP contribution in [0.3, 0.4) is 0 Å². The Morgan fingerprint density at radius 2 is 0.871 bits per heavy atom. The van der Waals surface area contributed by atoms with E-state index in [2.05, 4.69) is 274 Å². The first-order chi connectivity index (χ1) is 42.1. The molecule has 0 atom stereocenters. The first kappa shape index (κ1) is 49.8. The molecule has 18 rings (SSSR count). The van der Waals surface area contributed by atoms with Crippen molar-refractivity contribution >= 4 is 125 Å². The third-order valence-corrected chi connectivity index (χ3v) is 16.9. The zero-order valence-electron chi connectivity index (χ0n) is 45.7. The summed E-state index contributed by atoms with van der Waals surface area (Å²) in [6.45, 7) is 0. The highest BCUT2D eigenvalue weighted by Crippen LogP contribution is 2.40. The summed E-state index contributed by atoms with van der Waals surface area (Å²) in [7, 11) is 0. The van der Waals surface area contributed by atoms with Crippen molar-refractivity contribution in [3.8, 4) is 39.3 Å². The number of aromatic nitrogens is 8. The normalized spacial score (nSPS) is 11.6. The second-order valence-electron chi connectivity index (χ2n) is 21.4. The van der Waals surface area contributed by atoms with E-state index in [1.54, 1.807) is 0 Å². The third-order valence-electron chi connectivity index (χ3n) is 16.5. The number of pyridine rings is 4. The minimum atomic E-state index is 0.986. The van der Waals surface area contributed by atoms with Crippen LogP contribution in [0, 0.1) is 0 Å². The van der Waals surface area contributed by atoms with Gasteiger partial charge in [-0.2, -0.15) is 0 Å². The number of nitrogens with zero attached hydrogens (tertiary/aromatic N) is 7. The minimum Gasteiger partial charge on any atom is -0.352 e. The number of hydrogen-bond donors (Lipinski definition) is 1. The van der Waals surface area contributed by atoms with Crippen LogP contribution in [0.4, 0.5) is 0 Å². The average Bonchev–Trinajstić information content (AvgIpc) is 2.85. The molecule has 0 saturated carbocycles. The van der Waals surface area contributed by atoms with Crippen LogP contribution < -0.4 is 0 Å². The highest BCUT2D eigenvalue weighted by atomic mass is 79.9. The van der Waals surface area contributed by atoms with Gasteiger partial charge >= 0.3 is 0 Å². The molecule has 8 aromatic heterocycles. The Hall–Kier alpha value is -11.0. The molecule has 400 valence electrons. The molecule has 0 bridgehead atoms. The molecule has 9 heteroatoms. The Kier molecular flexibility index (Phi) is 12.2. The molecule has 0 radical (unpaired) electrons. The van der Waals surface area contributed by atoms with Gasteiger partial charge in [0.2, 0.25) is 0 Å². The van der Waals surface area contributed by atoms with E-state index >= 15 is 0 Å². The van der Waals surface area contributed by atoms with Gasteiger partial charge in [0.1, 0.15) is 0 Å². The lowest BCUT2D eigenvalue weighted by molar-refractivity contribution is 1.11. The van der Waals surface area contributed by atoms with E-state index in [4.69, 9.17) is 4.98 Å². The number of nitrogens with one attached hydrogen (secondary N) is 1. The molecule has 8 nitrogen and oxygen atoms in total. The summed E-state index contributed by atoms with van der Waals surface area (Å²) in [6.07, 6.45) is 15.7. The molecule has 0 aliphatic carbocycles. The van der Waals surface area contributed by atoms with Gasteiger partial charge < -0.3 is 18.7 Å². The maximum Gasteiger partial charge on any atom is 0.0789 e. The van der Waals surface area contributed by atoms with Crippen LogP contribution in [-0.4, -0.2) is 38.6 Å². The summed E-state index contributed by atoms with van der Waals surface area (Å²) in [4.78, 5) is 21.4. The van der Waals surface area contributed by atoms with Crippen LogP contribution >= 0.6 is 15.9 Å². The summed E-state index contributed by atoms with van der Waals surface area (Å²) in [5.41, 5.74) is 17.0. The largest absolute Gasteiger partial charge is 0.352 e. The number of hydrogen-bond acceptors (Lipinski definition) is 4. The summed E-state index contributed by atoms with van der Waals surface area (Å²) in [5, 5.41) is 14.5. The number of fused-ring (bicyclic) bond motifs is 14. The van der Waals surface area contributed by atoms with E-state index in [9.17, 15) is 0 Å². The van der Waals surface area contributed by atoms with Crippen LogP contribution in [0.5, 0.6) is 0 Å². The van der Waals surface area contributed by atoms with Gasteiger partial charge in [0.15, 0.2) is 0 Å². The Bertz CT molecular complexity index is 5570. The van der Waals surface area contributed by atoms with Crippen molar-refractivity contribution in [2.24, 2.45) is 0 Å². The first-order valence-electron chi connectivity index (χ1n) is 28.3. The van der Waals surface area contributed by atoms with Crippen LogP contribution in [-0.2, 0) is 0 Å². The molecule has 1 N–H and O–H groups in total. The highest BCUT2D eigenvalue weighted by molar-refractivity contribution is 9.10. The molecule has 85 heavy (non-hydrogen) atoms. The molecule has 18 aromatic rings. The number of aromatic amines is 1. The van der Waals surface area contributed by atoms with Crippen LogP contribution in [0.2, 0.25) is 0 Å². The maximum atomic E-state index is 4.81. The fraction of sp³-hybridized carbons (Fsp3) is 0. The molecule has 0 fully saturated rings. The summed E-state index contributed by atoms with van der Waals surface area (Å²) < 4.78 is 7.92. The Morgan fingerprint density at radius 3 is 1.53 bits per heavy atom. The lowest BCUT2D eigenvalue weighted by atomic mass is 9.98. The number of para-hydroxylation sites is 2. The Balaban J connectivity index is 0.000000120. The molecule has 0 aliphatic rings. The molecule has 0 amide bonds. The van der Waals surface area contributed by atoms with Gasteiger partial charge in [-0.15, -0.1) is 0 Å². The second-order valence-corrected chi connectivity index (χ2v) is 22.3. The molecule has 8 heterocycles. The summed E-state index contributed by atoms with van der Waals surface area (Å²) >= 11 is 3.37. The summed E-state index contributed by atoms with van der Waals surface area (Å²) in [5.74, 6) is 0. The molecule has 0 unspecified atom stereocenters. The van der Waals surface area contributed by atoms with Crippen molar-refractivity contribution in [2.45, 2.75) is 0 Å². The molecule has 0 aliphatic heterocycles. The van der Waals surface area contributed by atoms with Gasteiger partial charge in [-0.05, 0) is 133 Å². The summed E-state index contributed by atoms with van der Waals surface area (Å²) in [6, 6.07) is 85.9. The maximum absolute atomic E-state index is 4.81. The highest BCUT2D eigenvalue weighted by Gasteiger charge is 2.19. The van der Waals surface area contributed by atoms with E-state index in [0.29, 0.717) is 0 Å². The van der Waals surface area contributed by atoms with Crippen LogP contribution in [0.25, 0.3) is 148 Å². The molecule has 0 spiro atoms. The van der Waals surface area contributed by atoms with Gasteiger partial charge in [-0.25, -0.2) is 0 Å². The van der Waals surface area contributed by atoms with Crippen molar-refractivity contribution in [3.05, 3.63) is 297 Å². The molecular weight excluding hydrogens is 1100 g/mol. The fourth-order valence-electron chi connectivity index (χ4n) is 12.5. The SMILES string of the molecule is Brc1cnc2ccccc2c1.c1ccc2c(-c3ccc(-n4ccc5ccc6c7ccncc7[nH]c6c54)cc3)cccc2c1.c1ccc2ncc(-n3c4cnccc4c4ccc5ccn(-c6ccc(-c7cccc8ccccc78)cc6)c5c43)cc2c1. The predicted molar refractivity (Wildman–Crippen MR) is 356 cm³/mol. The van der Waals surface area contributed by atoms with Crippen LogP contribution in [0.1, 0.15) is 0 Å². The van der Waals surface area contributed by atoms with E-state index in [1.807, 2.05) is 67.5 Å². The van der Waals surface area contributed by atoms with Crippen molar-refractivity contribution in [3.63, 3.8) is 0 Å². The molecule has 10 aromatic carbocycles. The lowest BCUT2D eigenvalue weighted by Gasteiger charge is -2.13. The van der Waals surface area contributed by atoms with Gasteiger partial charge in [0.05, 0.1) is 68.4 Å². The van der Waals surface area contributed by atoms with Crippen molar-refractivity contribution in [2.75, 3.05) is 0 Å². The number of H-pyrrole nitrogens is 1. The van der Waals surface area contributed by atoms with Gasteiger partial charge in [0.25, 0.3) is 0 Å². The predicted octanol–water partition coefficient (Wildman–Crippen LogP) is 20.0. The topological polar surface area (TPSA) is 82.1 Å². The zero-order chi connectivity index (χ0) is 56.4. The van der Waals surface area contributed by atoms with Crippen molar-refractivity contribution in [1.29, 1.82) is 0 Å². The lowest BCUT2D eigenvalue weighted by Crippen LogP contribution is -1.99. The number of rotatable bonds is 5. The van der Waals surface area contributed by atoms with Crippen molar-refractivity contribution in [1.82, 2.24) is 38.6 Å². The van der Waals surface area contributed by atoms with Gasteiger partial charge in [-0.3, -0.25) is 19.9 Å². The Labute approximate surface area is 496 Å². The average molecular weight is 1150 g/mol. The van der Waals surface area contributed by atoms with E-state index in [0.717, 1.165) is 65.5 Å². The van der Waals surface area contributed by atoms with Crippen molar-refractivity contribution < 1.29 is 0 Å². The quantitative estimate of drug-likeness (QED) is 0.186. The van der Waals surface area contributed by atoms with Gasteiger partial charge in [0, 0.05) is 89.9 Å². The fourth-order valence-corrected chi connectivity index (χ4v) is 12.8. The second kappa shape index (κ2) is 20.8.